The lowest BCUT2D eigenvalue weighted by Crippen LogP contribution is -2.03. The van der Waals surface area contributed by atoms with E-state index in [1.807, 2.05) is 24.3 Å². The SMILES string of the molecule is CC(C)c1ccc(Cc2[nH]c3ccccc3c2CC(=O)O)cc1. The van der Waals surface area contributed by atoms with Gasteiger partial charge in [-0.2, -0.15) is 0 Å². The summed E-state index contributed by atoms with van der Waals surface area (Å²) in [5.74, 6) is -0.286. The lowest BCUT2D eigenvalue weighted by Gasteiger charge is -2.07. The summed E-state index contributed by atoms with van der Waals surface area (Å²) in [6.07, 6.45) is 0.763. The highest BCUT2D eigenvalue weighted by Crippen LogP contribution is 2.25. The summed E-state index contributed by atoms with van der Waals surface area (Å²) in [5.41, 5.74) is 5.38. The Labute approximate surface area is 136 Å². The van der Waals surface area contributed by atoms with Gasteiger partial charge in [0.25, 0.3) is 0 Å². The van der Waals surface area contributed by atoms with E-state index in [2.05, 4.69) is 43.1 Å². The van der Waals surface area contributed by atoms with Crippen molar-refractivity contribution in [2.75, 3.05) is 0 Å². The van der Waals surface area contributed by atoms with Crippen LogP contribution in [0.1, 0.15) is 42.1 Å². The lowest BCUT2D eigenvalue weighted by molar-refractivity contribution is -0.136. The molecule has 2 aromatic carbocycles. The summed E-state index contributed by atoms with van der Waals surface area (Å²) in [4.78, 5) is 14.6. The Balaban J connectivity index is 1.96. The number of para-hydroxylation sites is 1. The second kappa shape index (κ2) is 6.29. The molecule has 0 bridgehead atoms. The number of H-pyrrole nitrogens is 1. The first-order valence-electron chi connectivity index (χ1n) is 7.93. The van der Waals surface area contributed by atoms with Crippen molar-refractivity contribution in [2.45, 2.75) is 32.6 Å². The van der Waals surface area contributed by atoms with E-state index >= 15 is 0 Å². The monoisotopic (exact) mass is 307 g/mol. The first-order valence-corrected chi connectivity index (χ1v) is 7.93. The number of benzene rings is 2. The first kappa shape index (κ1) is 15.3. The Hall–Kier alpha value is -2.55. The molecule has 0 amide bonds. The van der Waals surface area contributed by atoms with Crippen LogP contribution in [0.3, 0.4) is 0 Å². The molecule has 0 unspecified atom stereocenters. The molecule has 1 heterocycles. The standard InChI is InChI=1S/C20H21NO2/c1-13(2)15-9-7-14(8-10-15)11-19-17(12-20(22)23)16-5-3-4-6-18(16)21-19/h3-10,13,21H,11-12H2,1-2H3,(H,22,23). The predicted molar refractivity (Wildman–Crippen MR) is 93.0 cm³/mol. The minimum absolute atomic E-state index is 0.0451. The quantitative estimate of drug-likeness (QED) is 0.728. The summed E-state index contributed by atoms with van der Waals surface area (Å²) in [5, 5.41) is 10.2. The van der Waals surface area contributed by atoms with E-state index in [0.29, 0.717) is 5.92 Å². The van der Waals surface area contributed by atoms with Crippen molar-refractivity contribution in [3.8, 4) is 0 Å². The smallest absolute Gasteiger partial charge is 0.307 e. The largest absolute Gasteiger partial charge is 0.481 e. The Bertz CT molecular complexity index is 828. The van der Waals surface area contributed by atoms with E-state index in [4.69, 9.17) is 0 Å². The second-order valence-electron chi connectivity index (χ2n) is 6.27. The number of rotatable bonds is 5. The summed E-state index contributed by atoms with van der Waals surface area (Å²) in [7, 11) is 0. The van der Waals surface area contributed by atoms with Gasteiger partial charge in [-0.3, -0.25) is 4.79 Å². The lowest BCUT2D eigenvalue weighted by atomic mass is 9.98. The van der Waals surface area contributed by atoms with Crippen molar-refractivity contribution < 1.29 is 9.90 Å². The van der Waals surface area contributed by atoms with Gasteiger partial charge in [0.1, 0.15) is 0 Å². The summed E-state index contributed by atoms with van der Waals surface area (Å²) < 4.78 is 0. The number of aromatic amines is 1. The normalized spacial score (nSPS) is 11.3. The fourth-order valence-electron chi connectivity index (χ4n) is 2.98. The highest BCUT2D eigenvalue weighted by atomic mass is 16.4. The average molecular weight is 307 g/mol. The third-order valence-electron chi connectivity index (χ3n) is 4.26. The van der Waals surface area contributed by atoms with Crippen LogP contribution >= 0.6 is 0 Å². The molecule has 0 aliphatic rings. The molecule has 0 saturated carbocycles. The number of aromatic nitrogens is 1. The van der Waals surface area contributed by atoms with Crippen molar-refractivity contribution in [1.29, 1.82) is 0 Å². The number of nitrogens with one attached hydrogen (secondary N) is 1. The van der Waals surface area contributed by atoms with Crippen LogP contribution in [0.15, 0.2) is 48.5 Å². The summed E-state index contributed by atoms with van der Waals surface area (Å²) in [6.45, 7) is 4.36. The van der Waals surface area contributed by atoms with E-state index in [0.717, 1.165) is 28.6 Å². The number of fused-ring (bicyclic) bond motifs is 1. The maximum Gasteiger partial charge on any atom is 0.307 e. The molecule has 1 aromatic heterocycles. The molecule has 0 fully saturated rings. The number of carboxylic acids is 1. The molecule has 0 spiro atoms. The Morgan fingerprint density at radius 3 is 2.43 bits per heavy atom. The van der Waals surface area contributed by atoms with Crippen LogP contribution in [-0.2, 0) is 17.6 Å². The number of hydrogen-bond acceptors (Lipinski definition) is 1. The minimum atomic E-state index is -0.800. The maximum atomic E-state index is 11.2. The number of carbonyl (C=O) groups is 1. The van der Waals surface area contributed by atoms with Gasteiger partial charge in [0.2, 0.25) is 0 Å². The molecule has 0 saturated heterocycles. The second-order valence-corrected chi connectivity index (χ2v) is 6.27. The molecule has 2 N–H and O–H groups in total. The van der Waals surface area contributed by atoms with Crippen LogP contribution in [0.5, 0.6) is 0 Å². The van der Waals surface area contributed by atoms with E-state index in [1.54, 1.807) is 0 Å². The van der Waals surface area contributed by atoms with Crippen molar-refractivity contribution in [3.05, 3.63) is 70.9 Å². The van der Waals surface area contributed by atoms with Gasteiger partial charge >= 0.3 is 5.97 Å². The third kappa shape index (κ3) is 3.29. The van der Waals surface area contributed by atoms with E-state index in [-0.39, 0.29) is 6.42 Å². The third-order valence-corrected chi connectivity index (χ3v) is 4.26. The van der Waals surface area contributed by atoms with Crippen molar-refractivity contribution in [1.82, 2.24) is 4.98 Å². The van der Waals surface area contributed by atoms with E-state index in [9.17, 15) is 9.90 Å². The Morgan fingerprint density at radius 2 is 1.78 bits per heavy atom. The van der Waals surface area contributed by atoms with Crippen molar-refractivity contribution in [3.63, 3.8) is 0 Å². The fourth-order valence-corrected chi connectivity index (χ4v) is 2.98. The molecule has 3 aromatic rings. The molecule has 0 aliphatic carbocycles. The summed E-state index contributed by atoms with van der Waals surface area (Å²) >= 11 is 0. The summed E-state index contributed by atoms with van der Waals surface area (Å²) in [6, 6.07) is 16.4. The van der Waals surface area contributed by atoms with Gasteiger partial charge in [0, 0.05) is 23.0 Å². The molecule has 3 nitrogen and oxygen atoms in total. The van der Waals surface area contributed by atoms with Crippen LogP contribution in [0.2, 0.25) is 0 Å². The molecule has 0 radical (unpaired) electrons. The first-order chi connectivity index (χ1) is 11.0. The molecule has 23 heavy (non-hydrogen) atoms. The molecule has 0 atom stereocenters. The van der Waals surface area contributed by atoms with Crippen molar-refractivity contribution >= 4 is 16.9 Å². The van der Waals surface area contributed by atoms with Crippen LogP contribution < -0.4 is 0 Å². The Morgan fingerprint density at radius 1 is 1.09 bits per heavy atom. The topological polar surface area (TPSA) is 53.1 Å². The maximum absolute atomic E-state index is 11.2. The fraction of sp³-hybridized carbons (Fsp3) is 0.250. The van der Waals surface area contributed by atoms with Crippen LogP contribution in [0.4, 0.5) is 0 Å². The van der Waals surface area contributed by atoms with E-state index in [1.165, 1.54) is 11.1 Å². The van der Waals surface area contributed by atoms with Crippen LogP contribution in [-0.4, -0.2) is 16.1 Å². The van der Waals surface area contributed by atoms with E-state index < -0.39 is 5.97 Å². The number of hydrogen-bond donors (Lipinski definition) is 2. The highest BCUT2D eigenvalue weighted by Gasteiger charge is 2.14. The van der Waals surface area contributed by atoms with Gasteiger partial charge in [-0.15, -0.1) is 0 Å². The molecule has 3 rings (SSSR count). The number of carboxylic acid groups (broad SMARTS) is 1. The van der Waals surface area contributed by atoms with Gasteiger partial charge in [-0.25, -0.2) is 0 Å². The minimum Gasteiger partial charge on any atom is -0.481 e. The van der Waals surface area contributed by atoms with Gasteiger partial charge in [-0.1, -0.05) is 56.3 Å². The van der Waals surface area contributed by atoms with Gasteiger partial charge in [0.15, 0.2) is 0 Å². The molecular formula is C20H21NO2. The zero-order chi connectivity index (χ0) is 16.4. The zero-order valence-electron chi connectivity index (χ0n) is 13.5. The average Bonchev–Trinajstić information content (AvgIpc) is 2.85. The number of aliphatic carboxylic acids is 1. The molecule has 118 valence electrons. The highest BCUT2D eigenvalue weighted by molar-refractivity contribution is 5.88. The molecule has 0 aliphatic heterocycles. The predicted octanol–water partition coefficient (Wildman–Crippen LogP) is 4.51. The van der Waals surface area contributed by atoms with Crippen LogP contribution in [0, 0.1) is 0 Å². The zero-order valence-corrected chi connectivity index (χ0v) is 13.5. The van der Waals surface area contributed by atoms with Crippen molar-refractivity contribution in [2.24, 2.45) is 0 Å². The Kier molecular flexibility index (Phi) is 4.20. The van der Waals surface area contributed by atoms with Gasteiger partial charge in [0.05, 0.1) is 6.42 Å². The van der Waals surface area contributed by atoms with Gasteiger partial charge < -0.3 is 10.1 Å². The van der Waals surface area contributed by atoms with Crippen LogP contribution in [0.25, 0.3) is 10.9 Å². The molecule has 3 heteroatoms. The van der Waals surface area contributed by atoms with Gasteiger partial charge in [-0.05, 0) is 28.7 Å². The molecular weight excluding hydrogens is 286 g/mol.